The number of nitrogens with zero attached hydrogens (tertiary/aromatic N) is 7. The largest absolute Gasteiger partial charge is 0.368 e. The van der Waals surface area contributed by atoms with E-state index in [9.17, 15) is 0 Å². The minimum Gasteiger partial charge on any atom is -0.368 e. The average molecular weight is 404 g/mol. The summed E-state index contributed by atoms with van der Waals surface area (Å²) in [7, 11) is 0. The molecular formula is C23H29N7. The molecule has 1 saturated heterocycles. The lowest BCUT2D eigenvalue weighted by Crippen LogP contribution is -2.46. The van der Waals surface area contributed by atoms with Crippen LogP contribution in [0.15, 0.2) is 36.8 Å². The molecule has 156 valence electrons. The van der Waals surface area contributed by atoms with Gasteiger partial charge in [0.05, 0.1) is 17.2 Å². The Balaban J connectivity index is 1.17. The Morgan fingerprint density at radius 1 is 0.867 bits per heavy atom. The smallest absolute Gasteiger partial charge is 0.147 e. The number of hydrogen-bond donors (Lipinski definition) is 0. The predicted molar refractivity (Wildman–Crippen MR) is 119 cm³/mol. The molecule has 1 aromatic carbocycles. The van der Waals surface area contributed by atoms with Crippen LogP contribution in [-0.2, 0) is 13.0 Å². The minimum absolute atomic E-state index is 0.827. The van der Waals surface area contributed by atoms with Crippen molar-refractivity contribution in [1.29, 1.82) is 0 Å². The van der Waals surface area contributed by atoms with Gasteiger partial charge in [-0.2, -0.15) is 0 Å². The fraction of sp³-hybridized carbons (Fsp3) is 0.522. The molecule has 0 spiro atoms. The molecule has 1 aliphatic carbocycles. The van der Waals surface area contributed by atoms with Crippen molar-refractivity contribution in [3.8, 4) is 0 Å². The van der Waals surface area contributed by atoms with Gasteiger partial charge in [-0.05, 0) is 31.0 Å². The zero-order valence-electron chi connectivity index (χ0n) is 17.5. The predicted octanol–water partition coefficient (Wildman–Crippen LogP) is 2.56. The average Bonchev–Trinajstić information content (AvgIpc) is 2.99. The molecule has 0 radical (unpaired) electrons. The Bertz CT molecular complexity index is 1020. The number of imidazole rings is 1. The molecule has 0 N–H and O–H groups in total. The number of hydrogen-bond acceptors (Lipinski definition) is 6. The van der Waals surface area contributed by atoms with E-state index in [0.717, 1.165) is 69.6 Å². The topological polar surface area (TPSA) is 53.3 Å². The summed E-state index contributed by atoms with van der Waals surface area (Å²) in [6.07, 6.45) is 10.6. The molecule has 2 fully saturated rings. The van der Waals surface area contributed by atoms with Crippen LogP contribution in [0.5, 0.6) is 0 Å². The number of piperazine rings is 1. The van der Waals surface area contributed by atoms with Crippen molar-refractivity contribution in [2.24, 2.45) is 0 Å². The van der Waals surface area contributed by atoms with Gasteiger partial charge in [0.15, 0.2) is 0 Å². The van der Waals surface area contributed by atoms with Crippen molar-refractivity contribution in [3.63, 3.8) is 0 Å². The molecule has 0 unspecified atom stereocenters. The molecule has 2 aromatic heterocycles. The van der Waals surface area contributed by atoms with Gasteiger partial charge >= 0.3 is 0 Å². The number of anilines is 2. The van der Waals surface area contributed by atoms with Gasteiger partial charge < -0.3 is 14.4 Å². The highest BCUT2D eigenvalue weighted by molar-refractivity contribution is 5.80. The van der Waals surface area contributed by atoms with Crippen LogP contribution in [-0.4, -0.2) is 69.7 Å². The van der Waals surface area contributed by atoms with E-state index in [2.05, 4.69) is 47.4 Å². The number of rotatable bonds is 3. The summed E-state index contributed by atoms with van der Waals surface area (Å²) in [4.78, 5) is 21.2. The van der Waals surface area contributed by atoms with Crippen LogP contribution in [0.4, 0.5) is 11.5 Å². The van der Waals surface area contributed by atoms with Crippen LogP contribution in [0, 0.1) is 0 Å². The third-order valence-corrected chi connectivity index (χ3v) is 7.15. The highest BCUT2D eigenvalue weighted by Gasteiger charge is 2.27. The molecule has 3 aliphatic rings. The zero-order valence-corrected chi connectivity index (χ0v) is 17.5. The summed E-state index contributed by atoms with van der Waals surface area (Å²) in [5, 5.41) is 0. The summed E-state index contributed by atoms with van der Waals surface area (Å²) >= 11 is 0. The van der Waals surface area contributed by atoms with Crippen LogP contribution in [0.2, 0.25) is 0 Å². The number of benzene rings is 1. The van der Waals surface area contributed by atoms with E-state index in [0.29, 0.717) is 0 Å². The maximum absolute atomic E-state index is 5.05. The Morgan fingerprint density at radius 3 is 2.50 bits per heavy atom. The second-order valence-corrected chi connectivity index (χ2v) is 8.76. The summed E-state index contributed by atoms with van der Waals surface area (Å²) in [5.74, 6) is 2.23. The quantitative estimate of drug-likeness (QED) is 0.670. The first kappa shape index (κ1) is 18.1. The molecule has 2 aliphatic heterocycles. The summed E-state index contributed by atoms with van der Waals surface area (Å²) in [6.45, 7) is 7.30. The Hall–Kier alpha value is -2.67. The van der Waals surface area contributed by atoms with Gasteiger partial charge in [0.2, 0.25) is 0 Å². The van der Waals surface area contributed by atoms with Crippen molar-refractivity contribution in [3.05, 3.63) is 42.6 Å². The van der Waals surface area contributed by atoms with Gasteiger partial charge in [0, 0.05) is 76.4 Å². The van der Waals surface area contributed by atoms with Crippen LogP contribution in [0.25, 0.3) is 11.0 Å². The first-order chi connectivity index (χ1) is 14.8. The number of aromatic nitrogens is 4. The lowest BCUT2D eigenvalue weighted by Gasteiger charge is -2.36. The third kappa shape index (κ3) is 3.21. The van der Waals surface area contributed by atoms with E-state index in [4.69, 9.17) is 4.98 Å². The van der Waals surface area contributed by atoms with E-state index >= 15 is 0 Å². The van der Waals surface area contributed by atoms with Crippen molar-refractivity contribution in [1.82, 2.24) is 24.4 Å². The molecule has 4 heterocycles. The van der Waals surface area contributed by atoms with Gasteiger partial charge in [0.1, 0.15) is 11.6 Å². The van der Waals surface area contributed by atoms with E-state index in [1.807, 2.05) is 6.20 Å². The van der Waals surface area contributed by atoms with Crippen molar-refractivity contribution in [2.45, 2.75) is 38.3 Å². The molecule has 0 bridgehead atoms. The fourth-order valence-corrected chi connectivity index (χ4v) is 5.15. The first-order valence-electron chi connectivity index (χ1n) is 11.3. The molecule has 7 heteroatoms. The maximum Gasteiger partial charge on any atom is 0.147 e. The highest BCUT2D eigenvalue weighted by atomic mass is 15.3. The van der Waals surface area contributed by atoms with E-state index in [-0.39, 0.29) is 0 Å². The van der Waals surface area contributed by atoms with Crippen molar-refractivity contribution < 1.29 is 0 Å². The lowest BCUT2D eigenvalue weighted by atomic mass is 9.91. The van der Waals surface area contributed by atoms with Gasteiger partial charge in [-0.1, -0.05) is 6.42 Å². The van der Waals surface area contributed by atoms with Gasteiger partial charge in [-0.15, -0.1) is 0 Å². The Labute approximate surface area is 177 Å². The normalized spacial score (nSPS) is 20.8. The summed E-state index contributed by atoms with van der Waals surface area (Å²) in [5.41, 5.74) is 3.73. The van der Waals surface area contributed by atoms with Crippen LogP contribution >= 0.6 is 0 Å². The minimum atomic E-state index is 0.827. The number of fused-ring (bicyclic) bond motifs is 3. The summed E-state index contributed by atoms with van der Waals surface area (Å²) in [6, 6.07) is 7.69. The first-order valence-corrected chi connectivity index (χ1v) is 11.3. The SMILES string of the molecule is c1cnc(N2CCN(c3ccc4c(c3)nc3n4CCN(C4CCC4)CC3)CC2)cn1. The molecule has 7 nitrogen and oxygen atoms in total. The summed E-state index contributed by atoms with van der Waals surface area (Å²) < 4.78 is 2.46. The van der Waals surface area contributed by atoms with E-state index < -0.39 is 0 Å². The Morgan fingerprint density at radius 2 is 1.73 bits per heavy atom. The second kappa shape index (κ2) is 7.54. The molecule has 3 aromatic rings. The van der Waals surface area contributed by atoms with Crippen molar-refractivity contribution in [2.75, 3.05) is 49.1 Å². The zero-order chi connectivity index (χ0) is 19.9. The molecule has 30 heavy (non-hydrogen) atoms. The second-order valence-electron chi connectivity index (χ2n) is 8.76. The lowest BCUT2D eigenvalue weighted by molar-refractivity contribution is 0.130. The van der Waals surface area contributed by atoms with Gasteiger partial charge in [-0.3, -0.25) is 9.88 Å². The third-order valence-electron chi connectivity index (χ3n) is 7.15. The maximum atomic E-state index is 5.05. The van der Waals surface area contributed by atoms with E-state index in [1.165, 1.54) is 36.3 Å². The van der Waals surface area contributed by atoms with Crippen LogP contribution in [0.3, 0.4) is 0 Å². The van der Waals surface area contributed by atoms with Gasteiger partial charge in [-0.25, -0.2) is 9.97 Å². The molecular weight excluding hydrogens is 374 g/mol. The van der Waals surface area contributed by atoms with E-state index in [1.54, 1.807) is 12.4 Å². The molecule has 1 saturated carbocycles. The molecule has 0 atom stereocenters. The Kier molecular flexibility index (Phi) is 4.56. The van der Waals surface area contributed by atoms with Crippen molar-refractivity contribution >= 4 is 22.5 Å². The van der Waals surface area contributed by atoms with Crippen LogP contribution in [0.1, 0.15) is 25.1 Å². The molecule has 6 rings (SSSR count). The van der Waals surface area contributed by atoms with Crippen LogP contribution < -0.4 is 9.80 Å². The molecule has 0 amide bonds. The highest BCUT2D eigenvalue weighted by Crippen LogP contribution is 2.29. The monoisotopic (exact) mass is 403 g/mol. The van der Waals surface area contributed by atoms with Gasteiger partial charge in [0.25, 0.3) is 0 Å². The standard InChI is InChI=1S/C23H29N7/c1-2-18(3-1)27-9-6-22-26-20-16-19(4-5-21(20)30(22)15-14-27)28-10-12-29(13-11-28)23-17-24-7-8-25-23/h4-5,7-8,16-18H,1-3,6,9-15H2. The fourth-order valence-electron chi connectivity index (χ4n) is 5.15.